The summed E-state index contributed by atoms with van der Waals surface area (Å²) in [5.41, 5.74) is 4.38. The first-order chi connectivity index (χ1) is 24.2. The molecule has 1 aliphatic heterocycles. The SMILES string of the molecule is COc1ccc(C2C3=C(CC(C)(C)CC3=O)Oc3ccc4ccc(OCCCNCCNc5ccnc6cc(Cl)ccc56)cc4c32)cc1OC. The van der Waals surface area contributed by atoms with Crippen LogP contribution in [0, 0.1) is 5.41 Å². The molecule has 5 aromatic rings. The molecule has 1 aliphatic carbocycles. The lowest BCUT2D eigenvalue weighted by atomic mass is 9.69. The van der Waals surface area contributed by atoms with Crippen molar-refractivity contribution in [1.82, 2.24) is 10.3 Å². The molecule has 0 fully saturated rings. The Bertz CT molecular complexity index is 2110. The van der Waals surface area contributed by atoms with Crippen LogP contribution >= 0.6 is 11.6 Å². The summed E-state index contributed by atoms with van der Waals surface area (Å²) in [5.74, 6) is 3.35. The highest BCUT2D eigenvalue weighted by atomic mass is 35.5. The van der Waals surface area contributed by atoms with E-state index in [4.69, 9.17) is 30.5 Å². The first-order valence-electron chi connectivity index (χ1n) is 17.1. The molecule has 7 rings (SSSR count). The number of ketones is 1. The topological polar surface area (TPSA) is 90.9 Å². The molecule has 0 amide bonds. The van der Waals surface area contributed by atoms with E-state index in [1.165, 1.54) is 0 Å². The Balaban J connectivity index is 1.06. The molecular weight excluding hydrogens is 650 g/mol. The first-order valence-corrected chi connectivity index (χ1v) is 17.5. The van der Waals surface area contributed by atoms with E-state index in [9.17, 15) is 4.79 Å². The molecule has 8 nitrogen and oxygen atoms in total. The van der Waals surface area contributed by atoms with Crippen LogP contribution < -0.4 is 29.6 Å². The number of pyridine rings is 1. The number of rotatable bonds is 12. The van der Waals surface area contributed by atoms with E-state index in [0.29, 0.717) is 36.0 Å². The number of aromatic nitrogens is 1. The zero-order chi connectivity index (χ0) is 34.8. The van der Waals surface area contributed by atoms with Gasteiger partial charge in [0.1, 0.15) is 17.3 Å². The van der Waals surface area contributed by atoms with Crippen LogP contribution in [-0.4, -0.2) is 51.2 Å². The van der Waals surface area contributed by atoms with Gasteiger partial charge in [0, 0.05) is 65.3 Å². The van der Waals surface area contributed by atoms with Crippen molar-refractivity contribution in [2.45, 2.75) is 39.0 Å². The molecule has 1 aromatic heterocycles. The number of Topliss-reactive ketones (excluding diaryl/α,β-unsaturated/α-hetero) is 1. The fourth-order valence-electron chi connectivity index (χ4n) is 7.19. The summed E-state index contributed by atoms with van der Waals surface area (Å²) < 4.78 is 24.1. The molecular formula is C41H42ClN3O5. The Morgan fingerprint density at radius 2 is 1.74 bits per heavy atom. The van der Waals surface area contributed by atoms with Crippen LogP contribution in [0.4, 0.5) is 5.69 Å². The lowest BCUT2D eigenvalue weighted by Gasteiger charge is -2.39. The minimum atomic E-state index is -0.322. The zero-order valence-electron chi connectivity index (χ0n) is 28.9. The van der Waals surface area contributed by atoms with Gasteiger partial charge in [-0.15, -0.1) is 0 Å². The van der Waals surface area contributed by atoms with E-state index < -0.39 is 0 Å². The Kier molecular flexibility index (Phi) is 9.58. The standard InChI is InChI=1S/C41H42ClN3O5/c1-41(2)23-33(46)40-37(24-41)50-35-13-7-25-6-10-28(22-30(25)39(35)38(40)26-8-12-34(47-3)36(20-26)48-4)49-19-5-15-43-17-18-45-31-14-16-44-32-21-27(42)9-11-29(31)32/h6-14,16,20-22,38,43H,5,15,17-19,23-24H2,1-4H3,(H,44,45). The highest BCUT2D eigenvalue weighted by Gasteiger charge is 2.43. The number of nitrogens with zero attached hydrogens (tertiary/aromatic N) is 1. The molecule has 9 heteroatoms. The Labute approximate surface area is 297 Å². The number of fused-ring (bicyclic) bond motifs is 4. The van der Waals surface area contributed by atoms with E-state index in [-0.39, 0.29) is 17.1 Å². The second-order valence-electron chi connectivity index (χ2n) is 13.7. The molecule has 2 heterocycles. The number of anilines is 1. The van der Waals surface area contributed by atoms with Crippen molar-refractivity contribution in [1.29, 1.82) is 0 Å². The van der Waals surface area contributed by atoms with Gasteiger partial charge in [0.25, 0.3) is 0 Å². The third-order valence-electron chi connectivity index (χ3n) is 9.51. The number of hydrogen-bond acceptors (Lipinski definition) is 8. The fourth-order valence-corrected chi connectivity index (χ4v) is 7.35. The van der Waals surface area contributed by atoms with Gasteiger partial charge in [-0.3, -0.25) is 9.78 Å². The molecule has 0 spiro atoms. The molecule has 1 unspecified atom stereocenters. The Hall–Kier alpha value is -4.79. The Morgan fingerprint density at radius 3 is 2.58 bits per heavy atom. The first kappa shape index (κ1) is 33.7. The van der Waals surface area contributed by atoms with E-state index in [1.54, 1.807) is 20.4 Å². The maximum absolute atomic E-state index is 13.9. The quantitative estimate of drug-likeness (QED) is 0.126. The van der Waals surface area contributed by atoms with E-state index in [0.717, 1.165) is 87.4 Å². The van der Waals surface area contributed by atoms with E-state index in [1.807, 2.05) is 54.6 Å². The summed E-state index contributed by atoms with van der Waals surface area (Å²) in [4.78, 5) is 18.3. The van der Waals surface area contributed by atoms with Crippen LogP contribution in [0.3, 0.4) is 0 Å². The summed E-state index contributed by atoms with van der Waals surface area (Å²) in [6, 6.07) is 23.9. The van der Waals surface area contributed by atoms with Crippen LogP contribution in [-0.2, 0) is 4.79 Å². The van der Waals surface area contributed by atoms with Gasteiger partial charge >= 0.3 is 0 Å². The van der Waals surface area contributed by atoms with Gasteiger partial charge in [-0.05, 0) is 89.3 Å². The molecule has 0 saturated carbocycles. The summed E-state index contributed by atoms with van der Waals surface area (Å²) in [5, 5.41) is 10.8. The molecule has 4 aromatic carbocycles. The molecule has 258 valence electrons. The van der Waals surface area contributed by atoms with Crippen LogP contribution in [0.15, 0.2) is 90.3 Å². The summed E-state index contributed by atoms with van der Waals surface area (Å²) >= 11 is 6.13. The predicted octanol–water partition coefficient (Wildman–Crippen LogP) is 8.70. The van der Waals surface area contributed by atoms with Crippen molar-refractivity contribution in [3.8, 4) is 23.0 Å². The number of ether oxygens (including phenoxy) is 4. The van der Waals surface area contributed by atoms with Crippen molar-refractivity contribution in [2.75, 3.05) is 45.8 Å². The third kappa shape index (κ3) is 6.82. The average molecular weight is 692 g/mol. The number of hydrogen-bond donors (Lipinski definition) is 2. The number of benzene rings is 4. The molecule has 1 atom stereocenters. The second kappa shape index (κ2) is 14.2. The minimum Gasteiger partial charge on any atom is -0.494 e. The smallest absolute Gasteiger partial charge is 0.163 e. The Morgan fingerprint density at radius 1 is 0.900 bits per heavy atom. The molecule has 0 radical (unpaired) electrons. The number of nitrogens with one attached hydrogen (secondary N) is 2. The molecule has 50 heavy (non-hydrogen) atoms. The monoisotopic (exact) mass is 691 g/mol. The highest BCUT2D eigenvalue weighted by Crippen LogP contribution is 2.53. The van der Waals surface area contributed by atoms with Crippen molar-refractivity contribution < 1.29 is 23.7 Å². The second-order valence-corrected chi connectivity index (χ2v) is 14.1. The van der Waals surface area contributed by atoms with Crippen molar-refractivity contribution in [3.63, 3.8) is 0 Å². The van der Waals surface area contributed by atoms with E-state index in [2.05, 4.69) is 47.7 Å². The van der Waals surface area contributed by atoms with Crippen molar-refractivity contribution in [2.24, 2.45) is 5.41 Å². The van der Waals surface area contributed by atoms with Gasteiger partial charge in [-0.25, -0.2) is 0 Å². The number of allylic oxidation sites excluding steroid dienone is 2. The molecule has 0 bridgehead atoms. The molecule has 2 aliphatic rings. The summed E-state index contributed by atoms with van der Waals surface area (Å²) in [6.07, 6.45) is 3.80. The molecule has 0 saturated heterocycles. The lowest BCUT2D eigenvalue weighted by Crippen LogP contribution is -2.33. The average Bonchev–Trinajstić information content (AvgIpc) is 3.10. The van der Waals surface area contributed by atoms with E-state index >= 15 is 0 Å². The fraction of sp³-hybridized carbons (Fsp3) is 0.317. The van der Waals surface area contributed by atoms with Crippen LogP contribution in [0.2, 0.25) is 5.02 Å². The third-order valence-corrected chi connectivity index (χ3v) is 9.75. The van der Waals surface area contributed by atoms with Crippen LogP contribution in [0.5, 0.6) is 23.0 Å². The van der Waals surface area contributed by atoms with Gasteiger partial charge in [-0.1, -0.05) is 43.6 Å². The maximum atomic E-state index is 13.9. The lowest BCUT2D eigenvalue weighted by molar-refractivity contribution is -0.118. The van der Waals surface area contributed by atoms with Crippen LogP contribution in [0.25, 0.3) is 21.7 Å². The van der Waals surface area contributed by atoms with Gasteiger partial charge < -0.3 is 29.6 Å². The number of halogens is 1. The van der Waals surface area contributed by atoms with Crippen molar-refractivity contribution >= 4 is 44.7 Å². The maximum Gasteiger partial charge on any atom is 0.163 e. The predicted molar refractivity (Wildman–Crippen MR) is 199 cm³/mol. The van der Waals surface area contributed by atoms with Gasteiger partial charge in [-0.2, -0.15) is 0 Å². The number of carbonyl (C=O) groups excluding carboxylic acids is 1. The van der Waals surface area contributed by atoms with Gasteiger partial charge in [0.15, 0.2) is 17.3 Å². The van der Waals surface area contributed by atoms with Gasteiger partial charge in [0.05, 0.1) is 26.3 Å². The summed E-state index contributed by atoms with van der Waals surface area (Å²) in [7, 11) is 3.25. The minimum absolute atomic E-state index is 0.118. The number of methoxy groups -OCH3 is 2. The molecule has 2 N–H and O–H groups in total. The van der Waals surface area contributed by atoms with Gasteiger partial charge in [0.2, 0.25) is 0 Å². The highest BCUT2D eigenvalue weighted by molar-refractivity contribution is 6.31. The largest absolute Gasteiger partial charge is 0.494 e. The zero-order valence-corrected chi connectivity index (χ0v) is 29.7. The van der Waals surface area contributed by atoms with Crippen LogP contribution in [0.1, 0.15) is 50.2 Å². The van der Waals surface area contributed by atoms with Crippen molar-refractivity contribution in [3.05, 3.63) is 106 Å². The number of carbonyl (C=O) groups is 1. The normalized spacial score (nSPS) is 16.5. The summed E-state index contributed by atoms with van der Waals surface area (Å²) in [6.45, 7) is 7.22.